The number of aromatic amines is 1. The van der Waals surface area contributed by atoms with Crippen LogP contribution in [0.1, 0.15) is 5.69 Å². The second-order valence-corrected chi connectivity index (χ2v) is 5.04. The monoisotopic (exact) mass is 360 g/mol. The molecule has 0 aliphatic heterocycles. The fourth-order valence-corrected chi connectivity index (χ4v) is 2.50. The standard InChI is InChI=1S/C15H12F4N2O4/c1-23-11-6-3-4-25-12(6)13(24-2)10(22)9(11)7-5-8(21-20-7)15(18,19)14(16)17/h3-5,14,22H,1-2H3,(H,20,21). The topological polar surface area (TPSA) is 80.5 Å². The Morgan fingerprint density at radius 2 is 1.92 bits per heavy atom. The van der Waals surface area contributed by atoms with Crippen LogP contribution in [0.2, 0.25) is 0 Å². The molecule has 2 aromatic heterocycles. The Morgan fingerprint density at radius 3 is 2.52 bits per heavy atom. The molecule has 0 aliphatic carbocycles. The third-order valence-electron chi connectivity index (χ3n) is 3.67. The van der Waals surface area contributed by atoms with Crippen LogP contribution in [-0.4, -0.2) is 35.9 Å². The minimum atomic E-state index is -4.42. The maximum atomic E-state index is 13.5. The number of hydrogen-bond donors (Lipinski definition) is 2. The van der Waals surface area contributed by atoms with Crippen LogP contribution in [0.5, 0.6) is 17.2 Å². The van der Waals surface area contributed by atoms with E-state index in [1.165, 1.54) is 26.5 Å². The van der Waals surface area contributed by atoms with Gasteiger partial charge in [0.1, 0.15) is 17.1 Å². The van der Waals surface area contributed by atoms with Gasteiger partial charge in [0.25, 0.3) is 0 Å². The lowest BCUT2D eigenvalue weighted by molar-refractivity contribution is -0.137. The summed E-state index contributed by atoms with van der Waals surface area (Å²) in [6.45, 7) is 0. The largest absolute Gasteiger partial charge is 0.504 e. The normalized spacial score (nSPS) is 12.1. The number of benzene rings is 1. The number of halogens is 4. The van der Waals surface area contributed by atoms with Crippen molar-refractivity contribution in [2.45, 2.75) is 12.3 Å². The number of methoxy groups -OCH3 is 2. The van der Waals surface area contributed by atoms with E-state index in [0.29, 0.717) is 5.39 Å². The van der Waals surface area contributed by atoms with Gasteiger partial charge in [-0.2, -0.15) is 13.9 Å². The number of ether oxygens (including phenoxy) is 2. The molecule has 10 heteroatoms. The number of nitrogens with one attached hydrogen (secondary N) is 1. The average Bonchev–Trinajstić information content (AvgIpc) is 3.22. The number of aromatic nitrogens is 2. The molecule has 6 nitrogen and oxygen atoms in total. The summed E-state index contributed by atoms with van der Waals surface area (Å²) in [6.07, 6.45) is -2.60. The zero-order valence-corrected chi connectivity index (χ0v) is 12.9. The van der Waals surface area contributed by atoms with Crippen LogP contribution < -0.4 is 9.47 Å². The lowest BCUT2D eigenvalue weighted by Gasteiger charge is -2.13. The first-order valence-electron chi connectivity index (χ1n) is 6.89. The van der Waals surface area contributed by atoms with Gasteiger partial charge in [0, 0.05) is 0 Å². The van der Waals surface area contributed by atoms with E-state index >= 15 is 0 Å². The third kappa shape index (κ3) is 2.44. The molecule has 0 fully saturated rings. The molecule has 0 aliphatic rings. The molecule has 134 valence electrons. The van der Waals surface area contributed by atoms with Crippen LogP contribution in [0.25, 0.3) is 22.2 Å². The van der Waals surface area contributed by atoms with Gasteiger partial charge in [-0.3, -0.25) is 5.10 Å². The molecule has 0 unspecified atom stereocenters. The predicted octanol–water partition coefficient (Wildman–Crippen LogP) is 3.90. The van der Waals surface area contributed by atoms with E-state index in [0.717, 1.165) is 6.07 Å². The highest BCUT2D eigenvalue weighted by atomic mass is 19.3. The van der Waals surface area contributed by atoms with E-state index < -0.39 is 23.8 Å². The zero-order chi connectivity index (χ0) is 18.4. The summed E-state index contributed by atoms with van der Waals surface area (Å²) in [5, 5.41) is 16.3. The summed E-state index contributed by atoms with van der Waals surface area (Å²) < 4.78 is 67.5. The van der Waals surface area contributed by atoms with E-state index in [4.69, 9.17) is 13.9 Å². The number of hydrogen-bond acceptors (Lipinski definition) is 5. The number of alkyl halides is 4. The first kappa shape index (κ1) is 16.9. The van der Waals surface area contributed by atoms with E-state index in [1.54, 1.807) is 0 Å². The third-order valence-corrected chi connectivity index (χ3v) is 3.67. The highest BCUT2D eigenvalue weighted by Gasteiger charge is 2.45. The summed E-state index contributed by atoms with van der Waals surface area (Å²) >= 11 is 0. The molecule has 0 bridgehead atoms. The average molecular weight is 360 g/mol. The lowest BCUT2D eigenvalue weighted by atomic mass is 10.0. The summed E-state index contributed by atoms with van der Waals surface area (Å²) in [6, 6.07) is 2.23. The Hall–Kier alpha value is -2.91. The van der Waals surface area contributed by atoms with Crippen LogP contribution in [0, 0.1) is 0 Å². The van der Waals surface area contributed by atoms with Crippen molar-refractivity contribution in [3.63, 3.8) is 0 Å². The van der Waals surface area contributed by atoms with Crippen LogP contribution in [-0.2, 0) is 5.92 Å². The quantitative estimate of drug-likeness (QED) is 0.675. The van der Waals surface area contributed by atoms with Gasteiger partial charge in [-0.05, 0) is 12.1 Å². The van der Waals surface area contributed by atoms with Gasteiger partial charge in [-0.15, -0.1) is 0 Å². The van der Waals surface area contributed by atoms with Crippen molar-refractivity contribution in [1.82, 2.24) is 10.2 Å². The molecule has 0 amide bonds. The van der Waals surface area contributed by atoms with E-state index in [9.17, 15) is 22.7 Å². The summed E-state index contributed by atoms with van der Waals surface area (Å²) in [4.78, 5) is 0. The molecule has 0 spiro atoms. The SMILES string of the molecule is COc1c(-c2cc(C(F)(F)C(F)F)[nH]n2)c(O)c(OC)c2occc12. The fourth-order valence-electron chi connectivity index (χ4n) is 2.50. The highest BCUT2D eigenvalue weighted by Crippen LogP contribution is 2.50. The maximum absolute atomic E-state index is 13.5. The Labute approximate surface area is 138 Å². The van der Waals surface area contributed by atoms with Crippen molar-refractivity contribution in [3.8, 4) is 28.5 Å². The maximum Gasteiger partial charge on any atom is 0.348 e. The first-order valence-corrected chi connectivity index (χ1v) is 6.89. The molecule has 3 rings (SSSR count). The Kier molecular flexibility index (Phi) is 3.97. The zero-order valence-electron chi connectivity index (χ0n) is 12.9. The molecule has 0 saturated carbocycles. The molecular weight excluding hydrogens is 348 g/mol. The Bertz CT molecular complexity index is 920. The number of nitrogens with zero attached hydrogens (tertiary/aromatic N) is 1. The van der Waals surface area contributed by atoms with Crippen molar-refractivity contribution < 1.29 is 36.6 Å². The molecule has 0 saturated heterocycles. The lowest BCUT2D eigenvalue weighted by Crippen LogP contribution is -2.23. The number of phenolic OH excluding ortho intramolecular Hbond substituents is 1. The number of rotatable bonds is 5. The molecule has 0 radical (unpaired) electrons. The van der Waals surface area contributed by atoms with Crippen molar-refractivity contribution in [2.75, 3.05) is 14.2 Å². The number of fused-ring (bicyclic) bond motifs is 1. The van der Waals surface area contributed by atoms with Crippen molar-refractivity contribution in [2.24, 2.45) is 0 Å². The minimum Gasteiger partial charge on any atom is -0.504 e. The summed E-state index contributed by atoms with van der Waals surface area (Å²) in [5.41, 5.74) is -1.23. The van der Waals surface area contributed by atoms with Gasteiger partial charge in [-0.25, -0.2) is 8.78 Å². The molecule has 3 aromatic rings. The molecule has 2 heterocycles. The fraction of sp³-hybridized carbons (Fsp3) is 0.267. The number of phenols is 1. The molecule has 1 aromatic carbocycles. The van der Waals surface area contributed by atoms with Gasteiger partial charge < -0.3 is 19.0 Å². The van der Waals surface area contributed by atoms with E-state index in [2.05, 4.69) is 5.10 Å². The first-order chi connectivity index (χ1) is 11.8. The van der Waals surface area contributed by atoms with Crippen LogP contribution in [0.4, 0.5) is 17.6 Å². The smallest absolute Gasteiger partial charge is 0.348 e. The van der Waals surface area contributed by atoms with Crippen molar-refractivity contribution >= 4 is 11.0 Å². The van der Waals surface area contributed by atoms with E-state index in [1.807, 2.05) is 5.10 Å². The summed E-state index contributed by atoms with van der Waals surface area (Å²) in [5.74, 6) is -4.90. The Morgan fingerprint density at radius 1 is 1.24 bits per heavy atom. The number of furan rings is 1. The van der Waals surface area contributed by atoms with E-state index in [-0.39, 0.29) is 28.3 Å². The van der Waals surface area contributed by atoms with Crippen LogP contribution in [0.15, 0.2) is 22.8 Å². The molecular formula is C15H12F4N2O4. The summed E-state index contributed by atoms with van der Waals surface area (Å²) in [7, 11) is 2.56. The highest BCUT2D eigenvalue weighted by molar-refractivity contribution is 5.99. The predicted molar refractivity (Wildman–Crippen MR) is 78.5 cm³/mol. The van der Waals surface area contributed by atoms with Crippen LogP contribution in [0.3, 0.4) is 0 Å². The van der Waals surface area contributed by atoms with Gasteiger partial charge in [-0.1, -0.05) is 0 Å². The second kappa shape index (κ2) is 5.87. The van der Waals surface area contributed by atoms with Gasteiger partial charge in [0.05, 0.1) is 31.4 Å². The van der Waals surface area contributed by atoms with Crippen LogP contribution >= 0.6 is 0 Å². The van der Waals surface area contributed by atoms with Gasteiger partial charge in [0.15, 0.2) is 11.3 Å². The van der Waals surface area contributed by atoms with Gasteiger partial charge >= 0.3 is 12.3 Å². The van der Waals surface area contributed by atoms with Gasteiger partial charge in [0.2, 0.25) is 5.75 Å². The van der Waals surface area contributed by atoms with Crippen molar-refractivity contribution in [3.05, 3.63) is 24.1 Å². The number of H-pyrrole nitrogens is 1. The second-order valence-electron chi connectivity index (χ2n) is 5.04. The molecule has 2 N–H and O–H groups in total. The molecule has 0 atom stereocenters. The minimum absolute atomic E-state index is 0.0685. The Balaban J connectivity index is 2.26. The molecule has 25 heavy (non-hydrogen) atoms. The van der Waals surface area contributed by atoms with Crippen molar-refractivity contribution in [1.29, 1.82) is 0 Å². The number of aromatic hydroxyl groups is 1.